The summed E-state index contributed by atoms with van der Waals surface area (Å²) in [5.41, 5.74) is 6.78. The Balaban J connectivity index is 0.000000176. The number of aromatic nitrogens is 4. The predicted octanol–water partition coefficient (Wildman–Crippen LogP) is 1.99. The Morgan fingerprint density at radius 1 is 1.18 bits per heavy atom. The highest BCUT2D eigenvalue weighted by atomic mass is 19.1. The van der Waals surface area contributed by atoms with Gasteiger partial charge in [0.15, 0.2) is 22.7 Å². The van der Waals surface area contributed by atoms with Crippen LogP contribution in [0.1, 0.15) is 17.9 Å². The molecule has 6 rings (SSSR count). The molecule has 2 aliphatic heterocycles. The van der Waals surface area contributed by atoms with E-state index in [1.165, 1.54) is 28.6 Å². The van der Waals surface area contributed by atoms with E-state index in [1.807, 2.05) is 30.3 Å². The van der Waals surface area contributed by atoms with Gasteiger partial charge in [-0.3, -0.25) is 14.3 Å². The van der Waals surface area contributed by atoms with Crippen LogP contribution in [-0.2, 0) is 11.5 Å². The molecule has 1 saturated heterocycles. The van der Waals surface area contributed by atoms with E-state index in [9.17, 15) is 9.18 Å². The largest absolute Gasteiger partial charge is 0.493 e. The molecule has 12 nitrogen and oxygen atoms in total. The van der Waals surface area contributed by atoms with Gasteiger partial charge in [0, 0.05) is 18.5 Å². The zero-order chi connectivity index (χ0) is 27.9. The summed E-state index contributed by atoms with van der Waals surface area (Å²) in [5, 5.41) is 12.0. The number of H-pyrrole nitrogens is 1. The van der Waals surface area contributed by atoms with Crippen molar-refractivity contribution in [3.8, 4) is 17.2 Å². The van der Waals surface area contributed by atoms with Crippen LogP contribution in [0, 0.1) is 11.7 Å². The number of aliphatic hydroxyl groups excluding tert-OH is 1. The SMILES string of the molecule is Fc1ccc([C@@H]2CCNC[C@H]2COc2ccc3c(c2)OCO3)cc1.Nc1nc2c(ncn2COCCO)c(=O)[nH]1. The van der Waals surface area contributed by atoms with Gasteiger partial charge in [0.2, 0.25) is 12.7 Å². The van der Waals surface area contributed by atoms with Crippen molar-refractivity contribution in [3.05, 3.63) is 70.5 Å². The van der Waals surface area contributed by atoms with E-state index >= 15 is 0 Å². The van der Waals surface area contributed by atoms with Gasteiger partial charge in [-0.1, -0.05) is 12.1 Å². The highest BCUT2D eigenvalue weighted by Gasteiger charge is 2.27. The van der Waals surface area contributed by atoms with Gasteiger partial charge in [0.1, 0.15) is 18.3 Å². The maximum atomic E-state index is 13.2. The smallest absolute Gasteiger partial charge is 0.280 e. The lowest BCUT2D eigenvalue weighted by Gasteiger charge is -2.32. The van der Waals surface area contributed by atoms with Gasteiger partial charge in [0.25, 0.3) is 5.56 Å². The number of rotatable bonds is 8. The van der Waals surface area contributed by atoms with Crippen LogP contribution in [0.2, 0.25) is 0 Å². The first-order chi connectivity index (χ1) is 19.5. The number of hydrogen-bond donors (Lipinski definition) is 4. The van der Waals surface area contributed by atoms with Crippen LogP contribution < -0.4 is 30.8 Å². The molecular formula is C27H31FN6O6. The summed E-state index contributed by atoms with van der Waals surface area (Å²) in [4.78, 5) is 21.6. The van der Waals surface area contributed by atoms with Crippen molar-refractivity contribution in [2.45, 2.75) is 19.1 Å². The van der Waals surface area contributed by atoms with Crippen LogP contribution in [0.4, 0.5) is 10.3 Å². The van der Waals surface area contributed by atoms with Crippen LogP contribution in [-0.4, -0.2) is 64.3 Å². The number of anilines is 1. The van der Waals surface area contributed by atoms with E-state index in [4.69, 9.17) is 29.8 Å². The van der Waals surface area contributed by atoms with Crippen molar-refractivity contribution in [1.82, 2.24) is 24.8 Å². The summed E-state index contributed by atoms with van der Waals surface area (Å²) in [6, 6.07) is 12.5. The van der Waals surface area contributed by atoms with E-state index in [1.54, 1.807) is 0 Å². The van der Waals surface area contributed by atoms with Crippen molar-refractivity contribution in [3.63, 3.8) is 0 Å². The van der Waals surface area contributed by atoms with Crippen molar-refractivity contribution < 1.29 is 28.4 Å². The van der Waals surface area contributed by atoms with Crippen molar-refractivity contribution in [2.24, 2.45) is 5.92 Å². The highest BCUT2D eigenvalue weighted by molar-refractivity contribution is 5.70. The number of nitrogens with one attached hydrogen (secondary N) is 2. The van der Waals surface area contributed by atoms with Gasteiger partial charge in [-0.2, -0.15) is 4.98 Å². The molecule has 0 bridgehead atoms. The fourth-order valence-electron chi connectivity index (χ4n) is 4.71. The quantitative estimate of drug-likeness (QED) is 0.237. The fourth-order valence-corrected chi connectivity index (χ4v) is 4.71. The van der Waals surface area contributed by atoms with Crippen LogP contribution >= 0.6 is 0 Å². The Kier molecular flexibility index (Phi) is 8.74. The average molecular weight is 555 g/mol. The standard InChI is InChI=1S/C19H20FNO3.C8H11N5O3/c20-15-3-1-13(2-4-15)17-7-8-21-10-14(17)11-22-16-5-6-18-19(9-16)24-12-23-18;9-8-11-6-5(7(15)12-8)10-3-13(6)4-16-2-1-14/h1-6,9,14,17,21H,7-8,10-12H2;3,14H,1-2,4H2,(H3,9,11,12,15)/t14-,17-;/m0./s1. The molecule has 40 heavy (non-hydrogen) atoms. The van der Waals surface area contributed by atoms with Gasteiger partial charge in [0.05, 0.1) is 26.1 Å². The van der Waals surface area contributed by atoms with Gasteiger partial charge in [-0.25, -0.2) is 9.37 Å². The minimum absolute atomic E-state index is 0.0291. The van der Waals surface area contributed by atoms with E-state index in [2.05, 4.69) is 20.3 Å². The second-order valence-electron chi connectivity index (χ2n) is 9.34. The summed E-state index contributed by atoms with van der Waals surface area (Å²) in [6.45, 7) is 3.04. The monoisotopic (exact) mass is 554 g/mol. The Hall–Kier alpha value is -4.20. The molecule has 13 heteroatoms. The average Bonchev–Trinajstić information content (AvgIpc) is 3.60. The van der Waals surface area contributed by atoms with Crippen molar-refractivity contribution in [2.75, 3.05) is 45.4 Å². The molecule has 4 heterocycles. The zero-order valence-corrected chi connectivity index (χ0v) is 21.7. The van der Waals surface area contributed by atoms with Crippen LogP contribution in [0.25, 0.3) is 11.2 Å². The maximum Gasteiger partial charge on any atom is 0.280 e. The molecule has 2 aromatic heterocycles. The number of nitrogen functional groups attached to an aromatic ring is 1. The molecule has 0 aliphatic carbocycles. The third-order valence-corrected chi connectivity index (χ3v) is 6.67. The second-order valence-corrected chi connectivity index (χ2v) is 9.34. The normalized spacial score (nSPS) is 17.9. The number of nitrogens with zero attached hydrogens (tertiary/aromatic N) is 3. The number of aliphatic hydroxyl groups is 1. The van der Waals surface area contributed by atoms with Crippen molar-refractivity contribution in [1.29, 1.82) is 0 Å². The summed E-state index contributed by atoms with van der Waals surface area (Å²) in [5.74, 6) is 2.82. The van der Waals surface area contributed by atoms with Gasteiger partial charge < -0.3 is 35.1 Å². The van der Waals surface area contributed by atoms with Gasteiger partial charge in [-0.05, 0) is 48.7 Å². The Labute approximate surface area is 228 Å². The lowest BCUT2D eigenvalue weighted by Crippen LogP contribution is -2.38. The Bertz CT molecular complexity index is 1480. The summed E-state index contributed by atoms with van der Waals surface area (Å²) < 4.78 is 36.5. The minimum atomic E-state index is -0.386. The first kappa shape index (κ1) is 27.4. The molecule has 2 aromatic carbocycles. The van der Waals surface area contributed by atoms with E-state index in [0.717, 1.165) is 36.8 Å². The topological polar surface area (TPSA) is 159 Å². The lowest BCUT2D eigenvalue weighted by molar-refractivity contribution is 0.0499. The number of imidazole rings is 1. The first-order valence-corrected chi connectivity index (χ1v) is 12.9. The molecule has 1 fully saturated rings. The molecule has 0 saturated carbocycles. The maximum absolute atomic E-state index is 13.2. The highest BCUT2D eigenvalue weighted by Crippen LogP contribution is 2.36. The molecule has 0 radical (unpaired) electrons. The number of benzene rings is 2. The molecule has 0 amide bonds. The third kappa shape index (κ3) is 6.50. The van der Waals surface area contributed by atoms with Crippen LogP contribution in [0.3, 0.4) is 0 Å². The van der Waals surface area contributed by atoms with Gasteiger partial charge >= 0.3 is 0 Å². The number of ether oxygens (including phenoxy) is 4. The molecule has 5 N–H and O–H groups in total. The number of piperidine rings is 1. The van der Waals surface area contributed by atoms with E-state index in [0.29, 0.717) is 24.1 Å². The molecule has 2 aliphatic rings. The zero-order valence-electron chi connectivity index (χ0n) is 21.7. The van der Waals surface area contributed by atoms with Gasteiger partial charge in [-0.15, -0.1) is 0 Å². The lowest BCUT2D eigenvalue weighted by atomic mass is 9.81. The molecule has 2 atom stereocenters. The minimum Gasteiger partial charge on any atom is -0.493 e. The number of halogens is 1. The number of hydrogen-bond acceptors (Lipinski definition) is 10. The van der Waals surface area contributed by atoms with Crippen molar-refractivity contribution >= 4 is 17.1 Å². The Morgan fingerprint density at radius 3 is 2.83 bits per heavy atom. The fraction of sp³-hybridized carbons (Fsp3) is 0.370. The number of nitrogens with two attached hydrogens (primary N) is 1. The predicted molar refractivity (Wildman–Crippen MR) is 144 cm³/mol. The second kappa shape index (κ2) is 12.8. The summed E-state index contributed by atoms with van der Waals surface area (Å²) in [6.07, 6.45) is 2.46. The molecule has 212 valence electrons. The first-order valence-electron chi connectivity index (χ1n) is 12.9. The third-order valence-electron chi connectivity index (χ3n) is 6.67. The van der Waals surface area contributed by atoms with E-state index in [-0.39, 0.29) is 49.6 Å². The van der Waals surface area contributed by atoms with Crippen LogP contribution in [0.15, 0.2) is 53.6 Å². The molecule has 0 unspecified atom stereocenters. The number of fused-ring (bicyclic) bond motifs is 2. The Morgan fingerprint density at radius 2 is 2.00 bits per heavy atom. The number of aromatic amines is 1. The molecule has 4 aromatic rings. The van der Waals surface area contributed by atoms with E-state index < -0.39 is 0 Å². The summed E-state index contributed by atoms with van der Waals surface area (Å²) >= 11 is 0. The molecule has 0 spiro atoms. The summed E-state index contributed by atoms with van der Waals surface area (Å²) in [7, 11) is 0. The molecular weight excluding hydrogens is 523 g/mol. The van der Waals surface area contributed by atoms with Crippen LogP contribution in [0.5, 0.6) is 17.2 Å².